The number of rotatable bonds is 2. The van der Waals surface area contributed by atoms with Crippen LogP contribution in [0.15, 0.2) is 11.4 Å². The standard InChI is InChI=1S/C15H20N2S/c1-3-7-17-8-4-12-11(2)15-14(6-10-18-15)16-13(12)5-9-17/h6,10H,3-5,7-9H2,1-2H3. The Bertz CT molecular complexity index is 559. The van der Waals surface area contributed by atoms with Gasteiger partial charge in [-0.1, -0.05) is 6.92 Å². The molecule has 0 amide bonds. The molecule has 0 saturated carbocycles. The molecule has 18 heavy (non-hydrogen) atoms. The van der Waals surface area contributed by atoms with Gasteiger partial charge in [-0.05, 0) is 48.9 Å². The van der Waals surface area contributed by atoms with Crippen LogP contribution in [-0.4, -0.2) is 29.5 Å². The maximum Gasteiger partial charge on any atom is 0.0815 e. The van der Waals surface area contributed by atoms with Crippen LogP contribution in [0.5, 0.6) is 0 Å². The Kier molecular flexibility index (Phi) is 3.35. The third kappa shape index (κ3) is 2.06. The van der Waals surface area contributed by atoms with Crippen molar-refractivity contribution in [1.82, 2.24) is 9.88 Å². The molecule has 0 unspecified atom stereocenters. The Hall–Kier alpha value is -0.930. The fraction of sp³-hybridized carbons (Fsp3) is 0.533. The van der Waals surface area contributed by atoms with Crippen LogP contribution < -0.4 is 0 Å². The smallest absolute Gasteiger partial charge is 0.0815 e. The van der Waals surface area contributed by atoms with Crippen LogP contribution in [-0.2, 0) is 12.8 Å². The monoisotopic (exact) mass is 260 g/mol. The van der Waals surface area contributed by atoms with E-state index in [1.807, 2.05) is 11.3 Å². The van der Waals surface area contributed by atoms with Gasteiger partial charge in [0.15, 0.2) is 0 Å². The summed E-state index contributed by atoms with van der Waals surface area (Å²) in [5.41, 5.74) is 5.53. The molecule has 2 aromatic heterocycles. The molecular weight excluding hydrogens is 240 g/mol. The van der Waals surface area contributed by atoms with E-state index in [9.17, 15) is 0 Å². The number of fused-ring (bicyclic) bond motifs is 2. The van der Waals surface area contributed by atoms with Crippen molar-refractivity contribution in [3.63, 3.8) is 0 Å². The van der Waals surface area contributed by atoms with Crippen LogP contribution in [0.1, 0.15) is 30.2 Å². The first-order valence-electron chi connectivity index (χ1n) is 6.87. The van der Waals surface area contributed by atoms with Crippen molar-refractivity contribution in [3.05, 3.63) is 28.3 Å². The highest BCUT2D eigenvalue weighted by atomic mass is 32.1. The molecule has 0 aromatic carbocycles. The highest BCUT2D eigenvalue weighted by molar-refractivity contribution is 7.17. The van der Waals surface area contributed by atoms with Crippen molar-refractivity contribution in [1.29, 1.82) is 0 Å². The third-order valence-corrected chi connectivity index (χ3v) is 4.95. The quantitative estimate of drug-likeness (QED) is 0.822. The molecule has 2 nitrogen and oxygen atoms in total. The Morgan fingerprint density at radius 2 is 2.17 bits per heavy atom. The SMILES string of the molecule is CCCN1CCc2nc3ccsc3c(C)c2CC1. The van der Waals surface area contributed by atoms with E-state index in [0.29, 0.717) is 0 Å². The third-order valence-electron chi connectivity index (χ3n) is 3.92. The van der Waals surface area contributed by atoms with Crippen LogP contribution in [0.25, 0.3) is 10.2 Å². The Morgan fingerprint density at radius 1 is 1.33 bits per heavy atom. The predicted molar refractivity (Wildman–Crippen MR) is 78.5 cm³/mol. The van der Waals surface area contributed by atoms with Crippen molar-refractivity contribution >= 4 is 21.6 Å². The number of thiophene rings is 1. The molecule has 3 rings (SSSR count). The largest absolute Gasteiger partial charge is 0.303 e. The van der Waals surface area contributed by atoms with Crippen molar-refractivity contribution in [3.8, 4) is 0 Å². The minimum absolute atomic E-state index is 1.11. The average molecular weight is 260 g/mol. The van der Waals surface area contributed by atoms with E-state index in [-0.39, 0.29) is 0 Å². The Labute approximate surface area is 113 Å². The summed E-state index contributed by atoms with van der Waals surface area (Å²) < 4.78 is 1.39. The molecule has 3 heteroatoms. The van der Waals surface area contributed by atoms with Gasteiger partial charge in [0.25, 0.3) is 0 Å². The molecule has 0 fully saturated rings. The summed E-state index contributed by atoms with van der Waals surface area (Å²) in [6, 6.07) is 2.15. The van der Waals surface area contributed by atoms with Crippen LogP contribution in [0.4, 0.5) is 0 Å². The lowest BCUT2D eigenvalue weighted by molar-refractivity contribution is 0.288. The molecule has 0 radical (unpaired) electrons. The van der Waals surface area contributed by atoms with E-state index in [1.54, 1.807) is 0 Å². The van der Waals surface area contributed by atoms with Crippen molar-refractivity contribution < 1.29 is 0 Å². The van der Waals surface area contributed by atoms with Gasteiger partial charge in [-0.15, -0.1) is 11.3 Å². The molecule has 0 N–H and O–H groups in total. The number of hydrogen-bond donors (Lipinski definition) is 0. The number of hydrogen-bond acceptors (Lipinski definition) is 3. The highest BCUT2D eigenvalue weighted by Crippen LogP contribution is 2.29. The molecule has 3 heterocycles. The average Bonchev–Trinajstić information content (AvgIpc) is 2.74. The first-order valence-corrected chi connectivity index (χ1v) is 7.75. The van der Waals surface area contributed by atoms with Gasteiger partial charge in [0.05, 0.1) is 10.2 Å². The van der Waals surface area contributed by atoms with Gasteiger partial charge in [0.2, 0.25) is 0 Å². The van der Waals surface area contributed by atoms with Gasteiger partial charge >= 0.3 is 0 Å². The van der Waals surface area contributed by atoms with Gasteiger partial charge in [0.1, 0.15) is 0 Å². The van der Waals surface area contributed by atoms with E-state index in [0.717, 1.165) is 6.42 Å². The zero-order chi connectivity index (χ0) is 12.5. The number of nitrogens with zero attached hydrogens (tertiary/aromatic N) is 2. The topological polar surface area (TPSA) is 16.1 Å². The summed E-state index contributed by atoms with van der Waals surface area (Å²) in [5, 5.41) is 2.16. The Balaban J connectivity index is 1.98. The molecule has 1 aliphatic rings. The van der Waals surface area contributed by atoms with E-state index in [1.165, 1.54) is 59.5 Å². The molecular formula is C15H20N2S. The molecule has 0 atom stereocenters. The molecule has 2 aromatic rings. The lowest BCUT2D eigenvalue weighted by Crippen LogP contribution is -2.27. The lowest BCUT2D eigenvalue weighted by atomic mass is 10.0. The fourth-order valence-corrected chi connectivity index (χ4v) is 3.83. The van der Waals surface area contributed by atoms with Crippen LogP contribution in [0, 0.1) is 6.92 Å². The van der Waals surface area contributed by atoms with E-state index >= 15 is 0 Å². The van der Waals surface area contributed by atoms with Gasteiger partial charge in [-0.3, -0.25) is 4.98 Å². The van der Waals surface area contributed by atoms with Gasteiger partial charge in [-0.25, -0.2) is 0 Å². The van der Waals surface area contributed by atoms with E-state index in [4.69, 9.17) is 4.98 Å². The van der Waals surface area contributed by atoms with Gasteiger partial charge < -0.3 is 4.90 Å². The normalized spacial score (nSPS) is 16.8. The van der Waals surface area contributed by atoms with Crippen molar-refractivity contribution in [2.45, 2.75) is 33.1 Å². The summed E-state index contributed by atoms with van der Waals surface area (Å²) in [5.74, 6) is 0. The second kappa shape index (κ2) is 4.98. The first kappa shape index (κ1) is 12.1. The fourth-order valence-electron chi connectivity index (χ4n) is 2.96. The number of aromatic nitrogens is 1. The van der Waals surface area contributed by atoms with Gasteiger partial charge in [0, 0.05) is 25.2 Å². The molecule has 0 spiro atoms. The van der Waals surface area contributed by atoms with Crippen LogP contribution >= 0.6 is 11.3 Å². The summed E-state index contributed by atoms with van der Waals surface area (Å²) in [6.45, 7) is 8.12. The lowest BCUT2D eigenvalue weighted by Gasteiger charge is -2.18. The van der Waals surface area contributed by atoms with Gasteiger partial charge in [-0.2, -0.15) is 0 Å². The zero-order valence-corrected chi connectivity index (χ0v) is 12.0. The molecule has 1 aliphatic heterocycles. The molecule has 0 saturated heterocycles. The molecule has 0 aliphatic carbocycles. The maximum atomic E-state index is 4.87. The minimum Gasteiger partial charge on any atom is -0.303 e. The zero-order valence-electron chi connectivity index (χ0n) is 11.2. The predicted octanol–water partition coefficient (Wildman–Crippen LogP) is 3.42. The Morgan fingerprint density at radius 3 is 3.00 bits per heavy atom. The minimum atomic E-state index is 1.11. The summed E-state index contributed by atoms with van der Waals surface area (Å²) in [6.07, 6.45) is 3.53. The summed E-state index contributed by atoms with van der Waals surface area (Å²) in [7, 11) is 0. The van der Waals surface area contributed by atoms with E-state index in [2.05, 4.69) is 30.2 Å². The van der Waals surface area contributed by atoms with E-state index < -0.39 is 0 Å². The second-order valence-corrected chi connectivity index (χ2v) is 6.05. The van der Waals surface area contributed by atoms with Crippen molar-refractivity contribution in [2.24, 2.45) is 0 Å². The second-order valence-electron chi connectivity index (χ2n) is 5.14. The number of pyridine rings is 1. The summed E-state index contributed by atoms with van der Waals surface area (Å²) in [4.78, 5) is 7.45. The molecule has 0 bridgehead atoms. The van der Waals surface area contributed by atoms with Crippen LogP contribution in [0.3, 0.4) is 0 Å². The maximum absolute atomic E-state index is 4.87. The summed E-state index contributed by atoms with van der Waals surface area (Å²) >= 11 is 1.83. The number of aryl methyl sites for hydroxylation is 1. The first-order chi connectivity index (χ1) is 8.79. The molecule has 96 valence electrons. The highest BCUT2D eigenvalue weighted by Gasteiger charge is 2.18. The van der Waals surface area contributed by atoms with Crippen LogP contribution in [0.2, 0.25) is 0 Å². The van der Waals surface area contributed by atoms with Crippen molar-refractivity contribution in [2.75, 3.05) is 19.6 Å².